The molecule has 1 atom stereocenters. The van der Waals surface area contributed by atoms with Crippen molar-refractivity contribution < 1.29 is 4.74 Å². The molecule has 19 heavy (non-hydrogen) atoms. The molecule has 5 heteroatoms. The third-order valence-corrected chi connectivity index (χ3v) is 3.47. The summed E-state index contributed by atoms with van der Waals surface area (Å²) in [4.78, 5) is 5.23. The van der Waals surface area contributed by atoms with Crippen molar-refractivity contribution in [2.45, 2.75) is 25.8 Å². The smallest absolute Gasteiger partial charge is 0.0642 e. The Morgan fingerprint density at radius 3 is 2.58 bits per heavy atom. The van der Waals surface area contributed by atoms with Crippen molar-refractivity contribution >= 4 is 5.69 Å². The fourth-order valence-electron chi connectivity index (χ4n) is 2.28. The van der Waals surface area contributed by atoms with Gasteiger partial charge in [0, 0.05) is 29.7 Å². The van der Waals surface area contributed by atoms with Crippen LogP contribution in [0.1, 0.15) is 18.9 Å². The molecule has 1 aromatic rings. The van der Waals surface area contributed by atoms with Crippen molar-refractivity contribution in [3.8, 4) is 0 Å². The van der Waals surface area contributed by atoms with Gasteiger partial charge in [0.15, 0.2) is 0 Å². The molecule has 2 rings (SSSR count). The average Bonchev–Trinajstić information content (AvgIpc) is 2.48. The summed E-state index contributed by atoms with van der Waals surface area (Å²) in [5.74, 6) is 0. The Morgan fingerprint density at radius 1 is 1.32 bits per heavy atom. The fraction of sp³-hybridized carbons (Fsp3) is 0.571. The van der Waals surface area contributed by atoms with Crippen LogP contribution in [0.2, 0.25) is 0 Å². The first kappa shape index (κ1) is 13.7. The van der Waals surface area contributed by atoms with Gasteiger partial charge in [-0.15, -0.1) is 0 Å². The topological polar surface area (TPSA) is 61.2 Å². The predicted molar refractivity (Wildman–Crippen MR) is 76.4 cm³/mol. The standard InChI is InChI=1S/C14H20N4O/c1-2-13(16-17-15)11-12-3-5-14(6-4-12)18-7-9-19-10-8-18/h3-6,13H,2,7-11H2,1H3/t13-/m1/s1. The maximum atomic E-state index is 8.50. The van der Waals surface area contributed by atoms with Crippen LogP contribution in [0.25, 0.3) is 10.4 Å². The van der Waals surface area contributed by atoms with Crippen LogP contribution in [0.3, 0.4) is 0 Å². The van der Waals surface area contributed by atoms with Gasteiger partial charge in [-0.3, -0.25) is 0 Å². The molecule has 1 fully saturated rings. The van der Waals surface area contributed by atoms with Crippen molar-refractivity contribution in [1.29, 1.82) is 0 Å². The minimum atomic E-state index is 0.0548. The lowest BCUT2D eigenvalue weighted by atomic mass is 10.0. The van der Waals surface area contributed by atoms with E-state index in [9.17, 15) is 0 Å². The van der Waals surface area contributed by atoms with Crippen LogP contribution in [0.4, 0.5) is 5.69 Å². The zero-order valence-electron chi connectivity index (χ0n) is 11.3. The summed E-state index contributed by atoms with van der Waals surface area (Å²) in [6, 6.07) is 8.59. The number of ether oxygens (including phenoxy) is 1. The highest BCUT2D eigenvalue weighted by molar-refractivity contribution is 5.48. The van der Waals surface area contributed by atoms with E-state index in [2.05, 4.69) is 39.2 Å². The van der Waals surface area contributed by atoms with E-state index >= 15 is 0 Å². The van der Waals surface area contributed by atoms with E-state index in [0.717, 1.165) is 39.1 Å². The lowest BCUT2D eigenvalue weighted by Gasteiger charge is -2.29. The monoisotopic (exact) mass is 260 g/mol. The van der Waals surface area contributed by atoms with E-state index in [-0.39, 0.29) is 6.04 Å². The average molecular weight is 260 g/mol. The minimum Gasteiger partial charge on any atom is -0.378 e. The third kappa shape index (κ3) is 3.88. The van der Waals surface area contributed by atoms with Gasteiger partial charge in [0.05, 0.1) is 13.2 Å². The molecule has 0 bridgehead atoms. The number of benzene rings is 1. The van der Waals surface area contributed by atoms with Gasteiger partial charge < -0.3 is 9.64 Å². The van der Waals surface area contributed by atoms with Crippen molar-refractivity contribution in [2.75, 3.05) is 31.2 Å². The molecule has 1 aromatic carbocycles. The number of hydrogen-bond donors (Lipinski definition) is 0. The molecule has 1 aliphatic heterocycles. The van der Waals surface area contributed by atoms with Gasteiger partial charge in [-0.05, 0) is 36.1 Å². The summed E-state index contributed by atoms with van der Waals surface area (Å²) in [7, 11) is 0. The summed E-state index contributed by atoms with van der Waals surface area (Å²) in [5, 5.41) is 3.80. The number of nitrogens with zero attached hydrogens (tertiary/aromatic N) is 4. The van der Waals surface area contributed by atoms with Gasteiger partial charge in [-0.25, -0.2) is 0 Å². The van der Waals surface area contributed by atoms with Gasteiger partial charge in [-0.1, -0.05) is 24.2 Å². The van der Waals surface area contributed by atoms with Crippen LogP contribution in [-0.2, 0) is 11.2 Å². The zero-order valence-corrected chi connectivity index (χ0v) is 11.3. The highest BCUT2D eigenvalue weighted by Crippen LogP contribution is 2.18. The van der Waals surface area contributed by atoms with Crippen molar-refractivity contribution in [2.24, 2.45) is 5.11 Å². The van der Waals surface area contributed by atoms with Crippen LogP contribution in [-0.4, -0.2) is 32.3 Å². The number of anilines is 1. The third-order valence-electron chi connectivity index (χ3n) is 3.47. The largest absolute Gasteiger partial charge is 0.378 e. The van der Waals surface area contributed by atoms with E-state index in [1.807, 2.05) is 6.92 Å². The van der Waals surface area contributed by atoms with Crippen LogP contribution in [0.15, 0.2) is 29.4 Å². The lowest BCUT2D eigenvalue weighted by Crippen LogP contribution is -2.36. The van der Waals surface area contributed by atoms with Gasteiger partial charge in [-0.2, -0.15) is 0 Å². The molecular weight excluding hydrogens is 240 g/mol. The lowest BCUT2D eigenvalue weighted by molar-refractivity contribution is 0.122. The number of azide groups is 1. The van der Waals surface area contributed by atoms with Crippen molar-refractivity contribution in [3.63, 3.8) is 0 Å². The molecule has 0 unspecified atom stereocenters. The molecule has 0 amide bonds. The summed E-state index contributed by atoms with van der Waals surface area (Å²) in [6.45, 7) is 5.56. The molecule has 0 saturated carbocycles. The second kappa shape index (κ2) is 7.02. The first-order valence-electron chi connectivity index (χ1n) is 6.79. The Bertz CT molecular complexity index is 433. The van der Waals surface area contributed by atoms with Crippen LogP contribution >= 0.6 is 0 Å². The van der Waals surface area contributed by atoms with E-state index < -0.39 is 0 Å². The van der Waals surface area contributed by atoms with Crippen LogP contribution in [0.5, 0.6) is 0 Å². The molecule has 0 aliphatic carbocycles. The SMILES string of the molecule is CC[C@H](Cc1ccc(N2CCOCC2)cc1)N=[N+]=[N-]. The Balaban J connectivity index is 1.99. The number of hydrogen-bond acceptors (Lipinski definition) is 3. The van der Waals surface area contributed by atoms with Crippen molar-refractivity contribution in [3.05, 3.63) is 40.3 Å². The molecule has 5 nitrogen and oxygen atoms in total. The van der Waals surface area contributed by atoms with E-state index in [1.54, 1.807) is 0 Å². The highest BCUT2D eigenvalue weighted by Gasteiger charge is 2.11. The van der Waals surface area contributed by atoms with Crippen LogP contribution < -0.4 is 4.90 Å². The minimum absolute atomic E-state index is 0.0548. The molecule has 1 aliphatic rings. The molecule has 0 N–H and O–H groups in total. The number of morpholine rings is 1. The van der Waals surface area contributed by atoms with Gasteiger partial charge in [0.2, 0.25) is 0 Å². The van der Waals surface area contributed by atoms with Crippen LogP contribution in [0, 0.1) is 0 Å². The van der Waals surface area contributed by atoms with Gasteiger partial charge >= 0.3 is 0 Å². The number of rotatable bonds is 5. The molecular formula is C14H20N4O. The molecule has 1 heterocycles. The summed E-state index contributed by atoms with van der Waals surface area (Å²) < 4.78 is 5.35. The van der Waals surface area contributed by atoms with E-state index in [0.29, 0.717) is 0 Å². The summed E-state index contributed by atoms with van der Waals surface area (Å²) in [6.07, 6.45) is 1.68. The Morgan fingerprint density at radius 2 is 2.00 bits per heavy atom. The molecule has 0 spiro atoms. The Hall–Kier alpha value is -1.71. The summed E-state index contributed by atoms with van der Waals surface area (Å²) >= 11 is 0. The first-order chi connectivity index (χ1) is 9.33. The second-order valence-electron chi connectivity index (χ2n) is 4.74. The molecule has 0 radical (unpaired) electrons. The molecule has 1 saturated heterocycles. The maximum Gasteiger partial charge on any atom is 0.0642 e. The predicted octanol–water partition coefficient (Wildman–Crippen LogP) is 3.15. The van der Waals surface area contributed by atoms with Gasteiger partial charge in [0.25, 0.3) is 0 Å². The Labute approximate surface area is 113 Å². The summed E-state index contributed by atoms with van der Waals surface area (Å²) in [5.41, 5.74) is 11.0. The second-order valence-corrected chi connectivity index (χ2v) is 4.74. The fourth-order valence-corrected chi connectivity index (χ4v) is 2.28. The molecule has 0 aromatic heterocycles. The van der Waals surface area contributed by atoms with Crippen molar-refractivity contribution in [1.82, 2.24) is 0 Å². The normalized spacial score (nSPS) is 16.8. The molecule has 102 valence electrons. The van der Waals surface area contributed by atoms with E-state index in [4.69, 9.17) is 10.3 Å². The Kier molecular flexibility index (Phi) is 5.07. The quantitative estimate of drug-likeness (QED) is 0.464. The first-order valence-corrected chi connectivity index (χ1v) is 6.79. The van der Waals surface area contributed by atoms with Gasteiger partial charge in [0.1, 0.15) is 0 Å². The van der Waals surface area contributed by atoms with E-state index in [1.165, 1.54) is 11.3 Å². The highest BCUT2D eigenvalue weighted by atomic mass is 16.5. The maximum absolute atomic E-state index is 8.50. The zero-order chi connectivity index (χ0) is 13.5.